The van der Waals surface area contributed by atoms with Gasteiger partial charge in [-0.05, 0) is 48.4 Å². The molecule has 4 nitrogen and oxygen atoms in total. The molecule has 0 aliphatic carbocycles. The summed E-state index contributed by atoms with van der Waals surface area (Å²) >= 11 is 7.50. The van der Waals surface area contributed by atoms with Crippen LogP contribution < -0.4 is 4.74 Å². The third-order valence-corrected chi connectivity index (χ3v) is 5.11. The quantitative estimate of drug-likeness (QED) is 0.491. The van der Waals surface area contributed by atoms with E-state index in [-0.39, 0.29) is 5.91 Å². The average Bonchev–Trinajstić information content (AvgIpc) is 3.12. The fraction of sp³-hybridized carbons (Fsp3) is 0.182. The summed E-state index contributed by atoms with van der Waals surface area (Å²) in [4.78, 5) is 18.4. The normalized spacial score (nSPS) is 11.0. The van der Waals surface area contributed by atoms with Crippen molar-refractivity contribution in [1.82, 2.24) is 9.88 Å². The number of carbonyl (C=O) groups excluding carboxylic acids is 1. The topological polar surface area (TPSA) is 42.4 Å². The Morgan fingerprint density at radius 2 is 2.04 bits per heavy atom. The van der Waals surface area contributed by atoms with Crippen LogP contribution in [0.2, 0.25) is 5.02 Å². The van der Waals surface area contributed by atoms with Crippen molar-refractivity contribution in [1.29, 1.82) is 0 Å². The molecule has 0 bridgehead atoms. The maximum Gasteiger partial charge on any atom is 0.246 e. The summed E-state index contributed by atoms with van der Waals surface area (Å²) in [7, 11) is 1.77. The fourth-order valence-corrected chi connectivity index (χ4v) is 3.30. The lowest BCUT2D eigenvalue weighted by Crippen LogP contribution is -2.24. The highest BCUT2D eigenvalue weighted by Gasteiger charge is 2.06. The minimum absolute atomic E-state index is 0.0702. The molecule has 0 unspecified atom stereocenters. The van der Waals surface area contributed by atoms with Gasteiger partial charge in [0.05, 0.1) is 10.7 Å². The molecule has 1 amide bonds. The second kappa shape index (κ2) is 9.53. The first-order valence-corrected chi connectivity index (χ1v) is 10.1. The highest BCUT2D eigenvalue weighted by Crippen LogP contribution is 2.17. The zero-order valence-electron chi connectivity index (χ0n) is 15.8. The van der Waals surface area contributed by atoms with Gasteiger partial charge in [-0.2, -0.15) is 0 Å². The van der Waals surface area contributed by atoms with E-state index in [2.05, 4.69) is 4.98 Å². The predicted octanol–water partition coefficient (Wildman–Crippen LogP) is 5.36. The Hall–Kier alpha value is -2.63. The first-order chi connectivity index (χ1) is 13.5. The number of aromatic nitrogens is 1. The number of halogens is 1. The van der Waals surface area contributed by atoms with E-state index in [9.17, 15) is 4.79 Å². The predicted molar refractivity (Wildman–Crippen MR) is 115 cm³/mol. The van der Waals surface area contributed by atoms with Gasteiger partial charge in [0.1, 0.15) is 12.4 Å². The standard InChI is InChI=1S/C22H21ClN2O2S/c1-16-24-20(15-28-16)14-27-21-5-3-4-17(12-21)8-11-22(26)25(2)13-18-6-9-19(23)10-7-18/h3-12,15H,13-14H2,1-2H3/b11-8+. The zero-order valence-corrected chi connectivity index (χ0v) is 17.3. The molecule has 0 saturated heterocycles. The van der Waals surface area contributed by atoms with Crippen molar-refractivity contribution in [2.45, 2.75) is 20.1 Å². The summed E-state index contributed by atoms with van der Waals surface area (Å²) < 4.78 is 5.79. The molecule has 0 atom stereocenters. The number of carbonyl (C=O) groups is 1. The summed E-state index contributed by atoms with van der Waals surface area (Å²) in [5.41, 5.74) is 2.85. The van der Waals surface area contributed by atoms with Crippen LogP contribution in [-0.2, 0) is 17.9 Å². The highest BCUT2D eigenvalue weighted by atomic mass is 35.5. The van der Waals surface area contributed by atoms with E-state index in [4.69, 9.17) is 16.3 Å². The molecule has 0 fully saturated rings. The van der Waals surface area contributed by atoms with E-state index in [1.165, 1.54) is 0 Å². The van der Waals surface area contributed by atoms with Crippen molar-refractivity contribution in [2.24, 2.45) is 0 Å². The molecule has 0 aliphatic heterocycles. The first kappa shape index (κ1) is 20.1. The van der Waals surface area contributed by atoms with Gasteiger partial charge in [-0.3, -0.25) is 4.79 Å². The second-order valence-corrected chi connectivity index (χ2v) is 7.87. The number of rotatable bonds is 7. The molecule has 1 heterocycles. The van der Waals surface area contributed by atoms with Crippen molar-refractivity contribution < 1.29 is 9.53 Å². The second-order valence-electron chi connectivity index (χ2n) is 6.37. The fourth-order valence-electron chi connectivity index (χ4n) is 2.58. The van der Waals surface area contributed by atoms with Crippen LogP contribution in [0.15, 0.2) is 60.0 Å². The molecule has 1 aromatic heterocycles. The summed E-state index contributed by atoms with van der Waals surface area (Å²) in [6.45, 7) is 2.93. The number of ether oxygens (including phenoxy) is 1. The van der Waals surface area contributed by atoms with Gasteiger partial charge in [0.15, 0.2) is 0 Å². The van der Waals surface area contributed by atoms with Crippen LogP contribution in [0.5, 0.6) is 5.75 Å². The number of hydrogen-bond donors (Lipinski definition) is 0. The van der Waals surface area contributed by atoms with Crippen molar-refractivity contribution in [3.05, 3.63) is 86.8 Å². The van der Waals surface area contributed by atoms with Crippen molar-refractivity contribution in [2.75, 3.05) is 7.05 Å². The minimum atomic E-state index is -0.0702. The lowest BCUT2D eigenvalue weighted by Gasteiger charge is -2.15. The number of aryl methyl sites for hydroxylation is 1. The van der Waals surface area contributed by atoms with E-state index in [1.807, 2.05) is 60.8 Å². The number of benzene rings is 2. The van der Waals surface area contributed by atoms with E-state index in [0.717, 1.165) is 27.6 Å². The molecular weight excluding hydrogens is 392 g/mol. The Morgan fingerprint density at radius 3 is 2.75 bits per heavy atom. The van der Waals surface area contributed by atoms with Gasteiger partial charge in [0, 0.05) is 30.1 Å². The van der Waals surface area contributed by atoms with Crippen LogP contribution in [-0.4, -0.2) is 22.8 Å². The Balaban J connectivity index is 1.56. The SMILES string of the molecule is Cc1nc(COc2cccc(/C=C/C(=O)N(C)Cc3ccc(Cl)cc3)c2)cs1. The van der Waals surface area contributed by atoms with E-state index in [0.29, 0.717) is 18.2 Å². The van der Waals surface area contributed by atoms with Crippen LogP contribution >= 0.6 is 22.9 Å². The van der Waals surface area contributed by atoms with Crippen molar-refractivity contribution in [3.63, 3.8) is 0 Å². The zero-order chi connectivity index (χ0) is 19.9. The molecule has 0 aliphatic rings. The van der Waals surface area contributed by atoms with Crippen LogP contribution in [0, 0.1) is 6.92 Å². The lowest BCUT2D eigenvalue weighted by atomic mass is 10.2. The average molecular weight is 413 g/mol. The highest BCUT2D eigenvalue weighted by molar-refractivity contribution is 7.09. The smallest absolute Gasteiger partial charge is 0.246 e. The Bertz CT molecular complexity index is 967. The first-order valence-electron chi connectivity index (χ1n) is 8.81. The number of thiazole rings is 1. The third-order valence-electron chi connectivity index (χ3n) is 4.04. The minimum Gasteiger partial charge on any atom is -0.487 e. The van der Waals surface area contributed by atoms with Gasteiger partial charge in [-0.25, -0.2) is 4.98 Å². The molecule has 0 radical (unpaired) electrons. The largest absolute Gasteiger partial charge is 0.487 e. The van der Waals surface area contributed by atoms with E-state index < -0.39 is 0 Å². The molecule has 0 N–H and O–H groups in total. The van der Waals surface area contributed by atoms with Gasteiger partial charge in [0.2, 0.25) is 5.91 Å². The van der Waals surface area contributed by atoms with E-state index in [1.54, 1.807) is 35.4 Å². The van der Waals surface area contributed by atoms with Crippen molar-refractivity contribution >= 4 is 34.9 Å². The van der Waals surface area contributed by atoms with Gasteiger partial charge in [-0.15, -0.1) is 11.3 Å². The lowest BCUT2D eigenvalue weighted by molar-refractivity contribution is -0.125. The van der Waals surface area contributed by atoms with Crippen molar-refractivity contribution in [3.8, 4) is 5.75 Å². The third kappa shape index (κ3) is 5.94. The maximum absolute atomic E-state index is 12.4. The Morgan fingerprint density at radius 1 is 1.25 bits per heavy atom. The molecule has 6 heteroatoms. The molecule has 144 valence electrons. The molecule has 0 saturated carbocycles. The van der Waals surface area contributed by atoms with Gasteiger partial charge < -0.3 is 9.64 Å². The summed E-state index contributed by atoms with van der Waals surface area (Å²) in [6.07, 6.45) is 3.36. The summed E-state index contributed by atoms with van der Waals surface area (Å²) in [6, 6.07) is 15.1. The van der Waals surface area contributed by atoms with Crippen LogP contribution in [0.4, 0.5) is 0 Å². The van der Waals surface area contributed by atoms with Crippen LogP contribution in [0.25, 0.3) is 6.08 Å². The molecule has 3 aromatic rings. The Kier molecular flexibility index (Phi) is 6.85. The molecular formula is C22H21ClN2O2S. The number of likely N-dealkylation sites (N-methyl/N-ethyl adjacent to an activating group) is 1. The summed E-state index contributed by atoms with van der Waals surface area (Å²) in [5.74, 6) is 0.675. The summed E-state index contributed by atoms with van der Waals surface area (Å²) in [5, 5.41) is 3.70. The molecule has 0 spiro atoms. The maximum atomic E-state index is 12.4. The number of nitrogens with zero attached hydrogens (tertiary/aromatic N) is 2. The van der Waals surface area contributed by atoms with Gasteiger partial charge in [-0.1, -0.05) is 35.9 Å². The Labute approximate surface area is 174 Å². The van der Waals surface area contributed by atoms with E-state index >= 15 is 0 Å². The van der Waals surface area contributed by atoms with Crippen LogP contribution in [0.1, 0.15) is 21.8 Å². The molecule has 3 rings (SSSR count). The molecule has 2 aromatic carbocycles. The van der Waals surface area contributed by atoms with Crippen LogP contribution in [0.3, 0.4) is 0 Å². The monoisotopic (exact) mass is 412 g/mol. The number of hydrogen-bond acceptors (Lipinski definition) is 4. The van der Waals surface area contributed by atoms with Gasteiger partial charge in [0.25, 0.3) is 0 Å². The van der Waals surface area contributed by atoms with Gasteiger partial charge >= 0.3 is 0 Å². The number of amides is 1. The molecule has 28 heavy (non-hydrogen) atoms.